The summed E-state index contributed by atoms with van der Waals surface area (Å²) < 4.78 is 4.65. The van der Waals surface area contributed by atoms with Crippen LogP contribution in [0.5, 0.6) is 0 Å². The third-order valence-corrected chi connectivity index (χ3v) is 10.4. The Labute approximate surface area is 310 Å². The third kappa shape index (κ3) is 4.67. The van der Waals surface area contributed by atoms with Crippen molar-refractivity contribution in [3.8, 4) is 11.4 Å². The van der Waals surface area contributed by atoms with Crippen LogP contribution in [0.1, 0.15) is 22.5 Å². The summed E-state index contributed by atoms with van der Waals surface area (Å²) in [6.07, 6.45) is 3.64. The molecule has 1 aliphatic heterocycles. The molecule has 0 saturated carbocycles. The minimum atomic E-state index is 0.720. The first-order chi connectivity index (χ1) is 26.8. The Morgan fingerprint density at radius 1 is 0.333 bits per heavy atom. The lowest BCUT2D eigenvalue weighted by atomic mass is 9.99. The molecule has 0 unspecified atom stereocenters. The average molecular weight is 691 g/mol. The molecule has 10 aromatic rings. The molecule has 0 atom stereocenters. The van der Waals surface area contributed by atoms with Gasteiger partial charge in [-0.25, -0.2) is 9.98 Å². The van der Waals surface area contributed by atoms with Crippen LogP contribution in [0.3, 0.4) is 0 Å². The lowest BCUT2D eigenvalue weighted by Gasteiger charge is -2.17. The second-order valence-corrected chi connectivity index (χ2v) is 13.5. The molecular weight excluding hydrogens is 661 g/mol. The normalized spacial score (nSPS) is 14.6. The van der Waals surface area contributed by atoms with E-state index in [9.17, 15) is 0 Å². The Morgan fingerprint density at radius 2 is 0.741 bits per heavy atom. The maximum absolute atomic E-state index is 5.39. The molecule has 11 rings (SSSR count). The largest absolute Gasteiger partial charge is 0.309 e. The number of aromatic nitrogens is 4. The molecule has 0 spiro atoms. The van der Waals surface area contributed by atoms with Crippen molar-refractivity contribution in [3.05, 3.63) is 205 Å². The topological polar surface area (TPSA) is 60.4 Å². The van der Waals surface area contributed by atoms with E-state index in [1.807, 2.05) is 36.7 Å². The van der Waals surface area contributed by atoms with E-state index in [1.54, 1.807) is 0 Å². The number of para-hydroxylation sites is 4. The molecule has 6 nitrogen and oxygen atoms in total. The minimum Gasteiger partial charge on any atom is -0.309 e. The number of fused-ring (bicyclic) bond motifs is 8. The summed E-state index contributed by atoms with van der Waals surface area (Å²) in [7, 11) is 0. The van der Waals surface area contributed by atoms with Crippen molar-refractivity contribution in [2.75, 3.05) is 0 Å². The Kier molecular flexibility index (Phi) is 6.75. The smallest absolute Gasteiger partial charge is 0.115 e. The van der Waals surface area contributed by atoms with Gasteiger partial charge in [0.05, 0.1) is 44.9 Å². The maximum Gasteiger partial charge on any atom is 0.115 e. The van der Waals surface area contributed by atoms with E-state index in [-0.39, 0.29) is 0 Å². The third-order valence-electron chi connectivity index (χ3n) is 10.4. The van der Waals surface area contributed by atoms with Crippen molar-refractivity contribution in [2.45, 2.75) is 0 Å². The van der Waals surface area contributed by atoms with Crippen molar-refractivity contribution < 1.29 is 0 Å². The van der Waals surface area contributed by atoms with Crippen LogP contribution in [0.15, 0.2) is 192 Å². The molecule has 0 radical (unpaired) electrons. The highest BCUT2D eigenvalue weighted by Gasteiger charge is 2.24. The first kappa shape index (κ1) is 30.2. The number of nitrogens with zero attached hydrogens (tertiary/aromatic N) is 6. The lowest BCUT2D eigenvalue weighted by molar-refractivity contribution is 1.18. The van der Waals surface area contributed by atoms with Gasteiger partial charge in [0, 0.05) is 56.4 Å². The van der Waals surface area contributed by atoms with E-state index in [2.05, 4.69) is 155 Å². The molecule has 0 saturated heterocycles. The van der Waals surface area contributed by atoms with Crippen LogP contribution in [0, 0.1) is 0 Å². The van der Waals surface area contributed by atoms with Crippen molar-refractivity contribution in [3.63, 3.8) is 0 Å². The Morgan fingerprint density at radius 3 is 1.20 bits per heavy atom. The summed E-state index contributed by atoms with van der Waals surface area (Å²) in [5.41, 5.74) is 13.2. The first-order valence-corrected chi connectivity index (χ1v) is 18.1. The molecule has 0 aliphatic carbocycles. The van der Waals surface area contributed by atoms with Gasteiger partial charge in [0.2, 0.25) is 0 Å². The first-order valence-electron chi connectivity index (χ1n) is 18.1. The highest BCUT2D eigenvalue weighted by Crippen LogP contribution is 2.37. The van der Waals surface area contributed by atoms with Gasteiger partial charge in [0.15, 0.2) is 0 Å². The molecular formula is C48H30N6. The zero-order valence-electron chi connectivity index (χ0n) is 29.0. The SMILES string of the molecule is c1ccc(-n2c3ccccc3c3cc(/C4=N/c5cccnc5/C(c5ccc6c(c5)c5ccccc5n6-c5ccccc5)=N\c5cccnc54)ccc32)cc1. The summed E-state index contributed by atoms with van der Waals surface area (Å²) in [5, 5.41) is 4.65. The van der Waals surface area contributed by atoms with Crippen LogP contribution < -0.4 is 0 Å². The molecule has 6 heteroatoms. The van der Waals surface area contributed by atoms with E-state index in [1.165, 1.54) is 10.8 Å². The number of hydrogen-bond donors (Lipinski definition) is 0. The minimum absolute atomic E-state index is 0.720. The molecule has 4 aromatic heterocycles. The number of rotatable bonds is 4. The fourth-order valence-electron chi connectivity index (χ4n) is 8.04. The number of aliphatic imine (C=N–C) groups is 2. The summed E-state index contributed by atoms with van der Waals surface area (Å²) in [5.74, 6) is 0. The number of benzene rings is 6. The van der Waals surface area contributed by atoms with E-state index in [0.29, 0.717) is 0 Å². The Balaban J connectivity index is 1.11. The average Bonchev–Trinajstić information content (AvgIpc) is 3.74. The fraction of sp³-hybridized carbons (Fsp3) is 0. The van der Waals surface area contributed by atoms with Gasteiger partial charge < -0.3 is 9.13 Å². The van der Waals surface area contributed by atoms with Crippen LogP contribution in [-0.2, 0) is 0 Å². The lowest BCUT2D eigenvalue weighted by Crippen LogP contribution is -2.12. The maximum atomic E-state index is 5.39. The monoisotopic (exact) mass is 690 g/mol. The van der Waals surface area contributed by atoms with Gasteiger partial charge in [0.25, 0.3) is 0 Å². The van der Waals surface area contributed by atoms with Crippen molar-refractivity contribution in [1.29, 1.82) is 0 Å². The van der Waals surface area contributed by atoms with Crippen LogP contribution in [0.25, 0.3) is 55.0 Å². The fourth-order valence-corrected chi connectivity index (χ4v) is 8.04. The highest BCUT2D eigenvalue weighted by atomic mass is 15.0. The summed E-state index contributed by atoms with van der Waals surface area (Å²) in [6, 6.07) is 59.3. The summed E-state index contributed by atoms with van der Waals surface area (Å²) in [4.78, 5) is 20.7. The van der Waals surface area contributed by atoms with E-state index >= 15 is 0 Å². The number of hydrogen-bond acceptors (Lipinski definition) is 4. The van der Waals surface area contributed by atoms with Gasteiger partial charge in [-0.05, 0) is 84.9 Å². The van der Waals surface area contributed by atoms with Crippen LogP contribution in [-0.4, -0.2) is 30.5 Å². The molecule has 1 aliphatic rings. The van der Waals surface area contributed by atoms with Crippen LogP contribution in [0.2, 0.25) is 0 Å². The van der Waals surface area contributed by atoms with Crippen LogP contribution in [0.4, 0.5) is 11.4 Å². The predicted molar refractivity (Wildman–Crippen MR) is 221 cm³/mol. The zero-order valence-corrected chi connectivity index (χ0v) is 29.0. The van der Waals surface area contributed by atoms with Gasteiger partial charge in [-0.15, -0.1) is 0 Å². The summed E-state index contributed by atoms with van der Waals surface area (Å²) >= 11 is 0. The van der Waals surface area contributed by atoms with Crippen molar-refractivity contribution in [1.82, 2.24) is 19.1 Å². The van der Waals surface area contributed by atoms with Crippen molar-refractivity contribution in [2.24, 2.45) is 9.98 Å². The van der Waals surface area contributed by atoms with E-state index < -0.39 is 0 Å². The van der Waals surface area contributed by atoms with Crippen molar-refractivity contribution >= 4 is 66.4 Å². The predicted octanol–water partition coefficient (Wildman–Crippen LogP) is 11.3. The standard InChI is InChI=1S/C48H30N6/c1-3-13-33(14-4-1)53-41-21-9-7-17-35(41)37-29-31(23-25-43(37)53)45-47-39(19-11-27-49-47)52-46(48-40(51-45)20-12-28-50-48)32-24-26-44-38(30-32)36-18-8-10-22-42(36)54(44)34-15-5-2-6-16-34/h1-30H/b47-45?,48-46?,51-40?,51-45-,52-39?,52-46-. The van der Waals surface area contributed by atoms with Gasteiger partial charge in [0.1, 0.15) is 11.4 Å². The molecule has 252 valence electrons. The van der Waals surface area contributed by atoms with Gasteiger partial charge in [-0.2, -0.15) is 0 Å². The van der Waals surface area contributed by atoms with Gasteiger partial charge >= 0.3 is 0 Å². The van der Waals surface area contributed by atoms with E-state index in [0.717, 1.165) is 89.5 Å². The van der Waals surface area contributed by atoms with Crippen LogP contribution >= 0.6 is 0 Å². The second kappa shape index (κ2) is 12.1. The van der Waals surface area contributed by atoms with E-state index in [4.69, 9.17) is 20.0 Å². The molecule has 5 heterocycles. The van der Waals surface area contributed by atoms with Gasteiger partial charge in [-0.3, -0.25) is 9.97 Å². The summed E-state index contributed by atoms with van der Waals surface area (Å²) in [6.45, 7) is 0. The zero-order chi connectivity index (χ0) is 35.6. The molecule has 54 heavy (non-hydrogen) atoms. The molecule has 0 N–H and O–H groups in total. The molecule has 0 amide bonds. The highest BCUT2D eigenvalue weighted by molar-refractivity contribution is 6.23. The second-order valence-electron chi connectivity index (χ2n) is 13.5. The Bertz CT molecular complexity index is 2940. The molecule has 6 aromatic carbocycles. The molecule has 0 bridgehead atoms. The Hall–Kier alpha value is -7.44. The van der Waals surface area contributed by atoms with Gasteiger partial charge in [-0.1, -0.05) is 84.9 Å². The number of pyridine rings is 2. The quantitative estimate of drug-likeness (QED) is 0.185. The molecule has 0 fully saturated rings.